The van der Waals surface area contributed by atoms with Crippen LogP contribution in [0.3, 0.4) is 0 Å². The van der Waals surface area contributed by atoms with Crippen molar-refractivity contribution >= 4 is 29.5 Å². The number of aromatic nitrogens is 1. The number of fused-ring (bicyclic) bond motifs is 1. The van der Waals surface area contributed by atoms with E-state index in [4.69, 9.17) is 9.47 Å². The lowest BCUT2D eigenvalue weighted by atomic mass is 9.96. The van der Waals surface area contributed by atoms with Crippen LogP contribution in [0.1, 0.15) is 51.3 Å². The molecule has 0 N–H and O–H groups in total. The summed E-state index contributed by atoms with van der Waals surface area (Å²) in [5, 5.41) is 0. The largest absolute Gasteiger partial charge is 0.494 e. The van der Waals surface area contributed by atoms with Crippen LogP contribution < -0.4 is 19.6 Å². The van der Waals surface area contributed by atoms with Gasteiger partial charge in [0.2, 0.25) is 0 Å². The van der Waals surface area contributed by atoms with Crippen molar-refractivity contribution in [2.24, 2.45) is 4.99 Å². The summed E-state index contributed by atoms with van der Waals surface area (Å²) in [4.78, 5) is 31.9. The van der Waals surface area contributed by atoms with E-state index in [9.17, 15) is 9.59 Å². The fourth-order valence-corrected chi connectivity index (χ4v) is 4.96. The minimum Gasteiger partial charge on any atom is -0.494 e. The molecule has 0 fully saturated rings. The van der Waals surface area contributed by atoms with Crippen LogP contribution in [0.5, 0.6) is 5.75 Å². The van der Waals surface area contributed by atoms with E-state index >= 15 is 0 Å². The average molecular weight is 503 g/mol. The molecule has 4 rings (SSSR count). The SMILES string of the molecule is CCCOc1ccc(C2C(C(=O)OC(C)C)=C(C)N=c3s/c(=C\C=C\c4ccccc4)c(=O)n32)cc1. The highest BCUT2D eigenvalue weighted by molar-refractivity contribution is 7.07. The minimum atomic E-state index is -0.645. The lowest BCUT2D eigenvalue weighted by Gasteiger charge is -2.25. The Hall–Kier alpha value is -3.71. The van der Waals surface area contributed by atoms with Crippen molar-refractivity contribution in [3.63, 3.8) is 0 Å². The summed E-state index contributed by atoms with van der Waals surface area (Å²) in [6, 6.07) is 16.8. The molecule has 0 bridgehead atoms. The summed E-state index contributed by atoms with van der Waals surface area (Å²) in [5.41, 5.74) is 2.54. The predicted molar refractivity (Wildman–Crippen MR) is 144 cm³/mol. The molecule has 2 heterocycles. The van der Waals surface area contributed by atoms with Crippen LogP contribution in [0.25, 0.3) is 12.2 Å². The summed E-state index contributed by atoms with van der Waals surface area (Å²) in [6.45, 7) is 8.06. The molecule has 0 spiro atoms. The molecule has 0 saturated carbocycles. The molecule has 1 aliphatic rings. The van der Waals surface area contributed by atoms with Crippen LogP contribution in [0, 0.1) is 0 Å². The number of esters is 1. The van der Waals surface area contributed by atoms with Crippen LogP contribution in [-0.4, -0.2) is 23.2 Å². The molecule has 0 amide bonds. The third kappa shape index (κ3) is 5.57. The molecule has 36 heavy (non-hydrogen) atoms. The van der Waals surface area contributed by atoms with Crippen LogP contribution in [0.15, 0.2) is 81.7 Å². The van der Waals surface area contributed by atoms with Crippen molar-refractivity contribution in [1.82, 2.24) is 4.57 Å². The fourth-order valence-electron chi connectivity index (χ4n) is 3.97. The maximum Gasteiger partial charge on any atom is 0.338 e. The molecule has 3 aromatic rings. The Morgan fingerprint density at radius 2 is 1.86 bits per heavy atom. The van der Waals surface area contributed by atoms with Gasteiger partial charge in [-0.3, -0.25) is 9.36 Å². The van der Waals surface area contributed by atoms with Gasteiger partial charge in [-0.15, -0.1) is 0 Å². The average Bonchev–Trinajstić information content (AvgIpc) is 3.17. The maximum atomic E-state index is 13.6. The lowest BCUT2D eigenvalue weighted by Crippen LogP contribution is -2.40. The van der Waals surface area contributed by atoms with Crippen molar-refractivity contribution in [3.05, 3.63) is 103 Å². The van der Waals surface area contributed by atoms with E-state index in [1.807, 2.05) is 73.7 Å². The zero-order valence-corrected chi connectivity index (χ0v) is 21.7. The molecule has 1 aromatic heterocycles. The second-order valence-electron chi connectivity index (χ2n) is 8.75. The van der Waals surface area contributed by atoms with Gasteiger partial charge in [0.15, 0.2) is 4.80 Å². The van der Waals surface area contributed by atoms with Crippen LogP contribution >= 0.6 is 11.3 Å². The summed E-state index contributed by atoms with van der Waals surface area (Å²) in [5.74, 6) is 0.270. The predicted octanol–water partition coefficient (Wildman–Crippen LogP) is 4.64. The summed E-state index contributed by atoms with van der Waals surface area (Å²) in [7, 11) is 0. The van der Waals surface area contributed by atoms with Crippen molar-refractivity contribution < 1.29 is 14.3 Å². The van der Waals surface area contributed by atoms with Gasteiger partial charge in [0, 0.05) is 0 Å². The van der Waals surface area contributed by atoms with Crippen LogP contribution in [0.2, 0.25) is 0 Å². The molecule has 2 aromatic carbocycles. The van der Waals surface area contributed by atoms with Crippen molar-refractivity contribution in [3.8, 4) is 5.75 Å². The zero-order valence-electron chi connectivity index (χ0n) is 20.9. The number of hydrogen-bond acceptors (Lipinski definition) is 6. The highest BCUT2D eigenvalue weighted by Crippen LogP contribution is 2.32. The summed E-state index contributed by atoms with van der Waals surface area (Å²) >= 11 is 1.31. The first kappa shape index (κ1) is 25.4. The smallest absolute Gasteiger partial charge is 0.338 e. The highest BCUT2D eigenvalue weighted by Gasteiger charge is 2.33. The number of thiazole rings is 1. The molecule has 0 aliphatic carbocycles. The number of hydrogen-bond donors (Lipinski definition) is 0. The van der Waals surface area contributed by atoms with E-state index in [0.717, 1.165) is 23.3 Å². The van der Waals surface area contributed by atoms with Gasteiger partial charge in [0.05, 0.1) is 34.6 Å². The van der Waals surface area contributed by atoms with Gasteiger partial charge >= 0.3 is 5.97 Å². The number of nitrogens with zero attached hydrogens (tertiary/aromatic N) is 2. The van der Waals surface area contributed by atoms with Gasteiger partial charge in [-0.05, 0) is 56.5 Å². The van der Waals surface area contributed by atoms with E-state index in [2.05, 4.69) is 4.99 Å². The van der Waals surface area contributed by atoms with Gasteiger partial charge in [0.25, 0.3) is 5.56 Å². The second kappa shape index (κ2) is 11.4. The number of carbonyl (C=O) groups excluding carboxylic acids is 1. The Bertz CT molecular complexity index is 1460. The normalized spacial score (nSPS) is 15.8. The lowest BCUT2D eigenvalue weighted by molar-refractivity contribution is -0.143. The van der Waals surface area contributed by atoms with E-state index < -0.39 is 12.0 Å². The number of allylic oxidation sites excluding steroid dienone is 2. The minimum absolute atomic E-state index is 0.199. The Morgan fingerprint density at radius 3 is 2.53 bits per heavy atom. The van der Waals surface area contributed by atoms with E-state index in [0.29, 0.717) is 27.2 Å². The first-order valence-electron chi connectivity index (χ1n) is 12.1. The van der Waals surface area contributed by atoms with E-state index in [1.54, 1.807) is 31.4 Å². The monoisotopic (exact) mass is 502 g/mol. The third-order valence-electron chi connectivity index (χ3n) is 5.59. The van der Waals surface area contributed by atoms with E-state index in [1.165, 1.54) is 11.3 Å². The summed E-state index contributed by atoms with van der Waals surface area (Å²) < 4.78 is 13.4. The topological polar surface area (TPSA) is 69.9 Å². The number of rotatable bonds is 8. The van der Waals surface area contributed by atoms with Gasteiger partial charge in [-0.2, -0.15) is 0 Å². The zero-order chi connectivity index (χ0) is 25.7. The Labute approximate surface area is 214 Å². The molecule has 0 saturated heterocycles. The van der Waals surface area contributed by atoms with Crippen molar-refractivity contribution in [2.75, 3.05) is 6.61 Å². The van der Waals surface area contributed by atoms with Gasteiger partial charge < -0.3 is 9.47 Å². The molecule has 186 valence electrons. The molecular weight excluding hydrogens is 472 g/mol. The molecule has 0 radical (unpaired) electrons. The number of benzene rings is 2. The molecule has 6 nitrogen and oxygen atoms in total. The van der Waals surface area contributed by atoms with Gasteiger partial charge in [-0.25, -0.2) is 9.79 Å². The second-order valence-corrected chi connectivity index (χ2v) is 9.75. The molecule has 7 heteroatoms. The first-order chi connectivity index (χ1) is 17.4. The molecule has 1 aliphatic heterocycles. The number of ether oxygens (including phenoxy) is 2. The van der Waals surface area contributed by atoms with Gasteiger partial charge in [-0.1, -0.05) is 72.9 Å². The molecule has 1 unspecified atom stereocenters. The van der Waals surface area contributed by atoms with Crippen LogP contribution in [0.4, 0.5) is 0 Å². The summed E-state index contributed by atoms with van der Waals surface area (Å²) in [6.07, 6.45) is 6.21. The first-order valence-corrected chi connectivity index (χ1v) is 12.9. The van der Waals surface area contributed by atoms with Crippen LogP contribution in [-0.2, 0) is 9.53 Å². The Kier molecular flexibility index (Phi) is 8.00. The third-order valence-corrected chi connectivity index (χ3v) is 6.59. The Morgan fingerprint density at radius 1 is 1.14 bits per heavy atom. The molecule has 1 atom stereocenters. The maximum absolute atomic E-state index is 13.6. The molecular formula is C29H30N2O4S. The van der Waals surface area contributed by atoms with Crippen molar-refractivity contribution in [1.29, 1.82) is 0 Å². The van der Waals surface area contributed by atoms with Gasteiger partial charge in [0.1, 0.15) is 5.75 Å². The fraction of sp³-hybridized carbons (Fsp3) is 0.276. The standard InChI is InChI=1S/C29H30N2O4S/c1-5-18-34-23-16-14-22(15-17-23)26-25(28(33)35-19(2)3)20(4)30-29-31(26)27(32)24(36-29)13-9-12-21-10-7-6-8-11-21/h6-17,19,26H,5,18H2,1-4H3/b12-9+,24-13-. The quantitative estimate of drug-likeness (QED) is 0.421. The highest BCUT2D eigenvalue weighted by atomic mass is 32.1. The Balaban J connectivity index is 1.81. The number of carbonyl (C=O) groups is 1. The van der Waals surface area contributed by atoms with Crippen molar-refractivity contribution in [2.45, 2.75) is 46.3 Å². The van der Waals surface area contributed by atoms with E-state index in [-0.39, 0.29) is 11.7 Å².